The summed E-state index contributed by atoms with van der Waals surface area (Å²) in [5.74, 6) is 7.32. The average molecular weight is 349 g/mol. The molecular formula is C21H32S2. The molecule has 0 aromatic rings. The fraction of sp³-hybridized carbons (Fsp3) is 1.00. The topological polar surface area (TPSA) is 0 Å². The van der Waals surface area contributed by atoms with Gasteiger partial charge in [0, 0.05) is 21.0 Å². The highest BCUT2D eigenvalue weighted by Gasteiger charge is 2.69. The molecule has 2 spiro atoms. The molecule has 0 bridgehead atoms. The van der Waals surface area contributed by atoms with Crippen LogP contribution in [0.15, 0.2) is 0 Å². The molecule has 2 heterocycles. The van der Waals surface area contributed by atoms with E-state index in [1.54, 1.807) is 57.8 Å². The van der Waals surface area contributed by atoms with Crippen LogP contribution in [0.2, 0.25) is 0 Å². The van der Waals surface area contributed by atoms with E-state index >= 15 is 0 Å². The summed E-state index contributed by atoms with van der Waals surface area (Å²) in [6.45, 7) is 5.46. The van der Waals surface area contributed by atoms with Gasteiger partial charge in [-0.2, -0.15) is 23.5 Å². The molecule has 23 heavy (non-hydrogen) atoms. The van der Waals surface area contributed by atoms with Crippen LogP contribution in [0.4, 0.5) is 0 Å². The first-order valence-corrected chi connectivity index (χ1v) is 12.3. The molecule has 0 amide bonds. The van der Waals surface area contributed by atoms with Crippen molar-refractivity contribution in [2.45, 2.75) is 81.1 Å². The van der Waals surface area contributed by atoms with Crippen molar-refractivity contribution in [2.24, 2.45) is 34.5 Å². The van der Waals surface area contributed by atoms with Crippen molar-refractivity contribution >= 4 is 23.5 Å². The maximum Gasteiger partial charge on any atom is 0.0307 e. The Morgan fingerprint density at radius 1 is 0.783 bits per heavy atom. The smallest absolute Gasteiger partial charge is 0.0307 e. The first-order chi connectivity index (χ1) is 11.0. The second-order valence-electron chi connectivity index (χ2n) is 10.6. The second-order valence-corrected chi connectivity index (χ2v) is 13.4. The van der Waals surface area contributed by atoms with Gasteiger partial charge in [-0.15, -0.1) is 0 Å². The molecule has 2 heteroatoms. The van der Waals surface area contributed by atoms with Crippen molar-refractivity contribution in [3.8, 4) is 0 Å². The molecule has 0 radical (unpaired) electrons. The molecular weight excluding hydrogens is 316 g/mol. The van der Waals surface area contributed by atoms with Crippen molar-refractivity contribution in [3.63, 3.8) is 0 Å². The van der Waals surface area contributed by atoms with E-state index in [0.29, 0.717) is 10.8 Å². The third-order valence-corrected chi connectivity index (χ3v) is 13.3. The number of fused-ring (bicyclic) bond motifs is 6. The maximum absolute atomic E-state index is 2.74. The Bertz CT molecular complexity index is 548. The summed E-state index contributed by atoms with van der Waals surface area (Å²) in [6.07, 6.45) is 14.1. The Morgan fingerprint density at radius 3 is 2.30 bits per heavy atom. The van der Waals surface area contributed by atoms with Crippen LogP contribution in [0.1, 0.15) is 71.6 Å². The molecule has 6 fully saturated rings. The molecule has 0 unspecified atom stereocenters. The zero-order chi connectivity index (χ0) is 15.5. The molecule has 2 aliphatic heterocycles. The van der Waals surface area contributed by atoms with Gasteiger partial charge < -0.3 is 0 Å². The molecule has 0 aromatic carbocycles. The highest BCUT2D eigenvalue weighted by atomic mass is 32.2. The Morgan fingerprint density at radius 2 is 1.57 bits per heavy atom. The number of hydrogen-bond acceptors (Lipinski definition) is 2. The van der Waals surface area contributed by atoms with Gasteiger partial charge in [0.2, 0.25) is 0 Å². The quantitative estimate of drug-likeness (QED) is 0.492. The van der Waals surface area contributed by atoms with E-state index in [-0.39, 0.29) is 0 Å². The highest BCUT2D eigenvalue weighted by molar-refractivity contribution is 8.08. The molecule has 4 saturated carbocycles. The largest absolute Gasteiger partial charge is 0.153 e. The predicted molar refractivity (Wildman–Crippen MR) is 102 cm³/mol. The lowest BCUT2D eigenvalue weighted by Gasteiger charge is -2.61. The van der Waals surface area contributed by atoms with E-state index in [2.05, 4.69) is 37.4 Å². The van der Waals surface area contributed by atoms with Crippen molar-refractivity contribution in [2.75, 3.05) is 11.5 Å². The van der Waals surface area contributed by atoms with Crippen LogP contribution >= 0.6 is 23.5 Å². The molecule has 8 atom stereocenters. The van der Waals surface area contributed by atoms with Gasteiger partial charge in [-0.1, -0.05) is 13.8 Å². The minimum Gasteiger partial charge on any atom is -0.153 e. The summed E-state index contributed by atoms with van der Waals surface area (Å²) >= 11 is 4.62. The molecule has 6 aliphatic rings. The van der Waals surface area contributed by atoms with E-state index < -0.39 is 0 Å². The van der Waals surface area contributed by atoms with Crippen LogP contribution < -0.4 is 0 Å². The first-order valence-electron chi connectivity index (χ1n) is 10.3. The normalized spacial score (nSPS) is 66.0. The lowest BCUT2D eigenvalue weighted by Crippen LogP contribution is -2.55. The molecule has 6 rings (SSSR count). The van der Waals surface area contributed by atoms with Crippen LogP contribution in [0, 0.1) is 34.5 Å². The minimum atomic E-state index is 0.713. The van der Waals surface area contributed by atoms with Gasteiger partial charge in [0.15, 0.2) is 0 Å². The molecule has 0 N–H and O–H groups in total. The highest BCUT2D eigenvalue weighted by Crippen LogP contribution is 2.76. The van der Waals surface area contributed by atoms with Crippen molar-refractivity contribution in [1.82, 2.24) is 0 Å². The van der Waals surface area contributed by atoms with E-state index in [1.165, 1.54) is 11.5 Å². The standard InChI is InChI=1S/C21H32S2/c1-18-9-10-20(12-22-20)11-14(18)3-4-15-16(18)5-7-19(2)17(15)6-8-21(19)13-23-21/h14-17H,3-13H2,1-2H3/t14-,15+,16+,17+,18-,19-,20-,21-/m0/s1. The first kappa shape index (κ1) is 14.8. The number of hydrogen-bond donors (Lipinski definition) is 0. The van der Waals surface area contributed by atoms with E-state index in [0.717, 1.165) is 33.2 Å². The fourth-order valence-electron chi connectivity index (χ4n) is 8.33. The predicted octanol–water partition coefficient (Wildman–Crippen LogP) is 6.00. The second kappa shape index (κ2) is 4.33. The fourth-order valence-corrected chi connectivity index (χ4v) is 10.9. The lowest BCUT2D eigenvalue weighted by molar-refractivity contribution is -0.107. The number of thioether (sulfide) groups is 2. The van der Waals surface area contributed by atoms with Gasteiger partial charge in [-0.3, -0.25) is 0 Å². The third kappa shape index (κ3) is 1.74. The van der Waals surface area contributed by atoms with Gasteiger partial charge in [-0.25, -0.2) is 0 Å². The summed E-state index contributed by atoms with van der Waals surface area (Å²) in [6, 6.07) is 0. The summed E-state index contributed by atoms with van der Waals surface area (Å²) < 4.78 is 1.53. The average Bonchev–Trinajstić information content (AvgIpc) is 3.43. The van der Waals surface area contributed by atoms with Gasteiger partial charge in [0.05, 0.1) is 0 Å². The Kier molecular flexibility index (Phi) is 2.79. The van der Waals surface area contributed by atoms with E-state index in [9.17, 15) is 0 Å². The Balaban J connectivity index is 1.32. The molecule has 2 saturated heterocycles. The van der Waals surface area contributed by atoms with Crippen molar-refractivity contribution < 1.29 is 0 Å². The van der Waals surface area contributed by atoms with Gasteiger partial charge in [-0.05, 0) is 92.3 Å². The molecule has 4 aliphatic carbocycles. The van der Waals surface area contributed by atoms with E-state index in [1.807, 2.05) is 0 Å². The lowest BCUT2D eigenvalue weighted by atomic mass is 9.44. The van der Waals surface area contributed by atoms with Crippen LogP contribution in [-0.2, 0) is 0 Å². The Hall–Kier alpha value is 0.700. The minimum absolute atomic E-state index is 0.713. The maximum atomic E-state index is 2.74. The monoisotopic (exact) mass is 348 g/mol. The summed E-state index contributed by atoms with van der Waals surface area (Å²) in [5, 5.41) is 0. The van der Waals surface area contributed by atoms with Crippen LogP contribution in [0.25, 0.3) is 0 Å². The zero-order valence-corrected chi connectivity index (χ0v) is 16.5. The summed E-state index contributed by atoms with van der Waals surface area (Å²) in [5.41, 5.74) is 1.43. The van der Waals surface area contributed by atoms with Crippen LogP contribution in [-0.4, -0.2) is 21.0 Å². The molecule has 128 valence electrons. The summed E-state index contributed by atoms with van der Waals surface area (Å²) in [7, 11) is 0. The van der Waals surface area contributed by atoms with E-state index in [4.69, 9.17) is 0 Å². The molecule has 0 nitrogen and oxygen atoms in total. The van der Waals surface area contributed by atoms with Gasteiger partial charge >= 0.3 is 0 Å². The Labute approximate surface area is 150 Å². The van der Waals surface area contributed by atoms with Crippen molar-refractivity contribution in [1.29, 1.82) is 0 Å². The SMILES string of the molecule is C[C@]12CC[C@@]3(CS3)C[C@@H]1CC[C@@H]1[C@H]2CC[C@@]2(C)[C@@H]1CC[C@]21CS1. The third-order valence-electron chi connectivity index (χ3n) is 10.1. The van der Waals surface area contributed by atoms with Gasteiger partial charge in [0.25, 0.3) is 0 Å². The van der Waals surface area contributed by atoms with Crippen LogP contribution in [0.3, 0.4) is 0 Å². The number of rotatable bonds is 0. The zero-order valence-electron chi connectivity index (χ0n) is 14.9. The van der Waals surface area contributed by atoms with Crippen LogP contribution in [0.5, 0.6) is 0 Å². The van der Waals surface area contributed by atoms with Gasteiger partial charge in [0.1, 0.15) is 0 Å². The molecule has 0 aromatic heterocycles. The van der Waals surface area contributed by atoms with Crippen molar-refractivity contribution in [3.05, 3.63) is 0 Å². The summed E-state index contributed by atoms with van der Waals surface area (Å²) in [4.78, 5) is 0.